The molecule has 1 aromatic rings. The molecule has 174 valence electrons. The van der Waals surface area contributed by atoms with Crippen LogP contribution in [0.3, 0.4) is 0 Å². The Balaban J connectivity index is 2.38. The van der Waals surface area contributed by atoms with Gasteiger partial charge >= 0.3 is 6.03 Å². The summed E-state index contributed by atoms with van der Waals surface area (Å²) in [5.41, 5.74) is 0.511. The van der Waals surface area contributed by atoms with E-state index < -0.39 is 0 Å². The average Bonchev–Trinajstić information content (AvgIpc) is 3.17. The first-order valence-electron chi connectivity index (χ1n) is 10.8. The Bertz CT molecular complexity index is 750. The van der Waals surface area contributed by atoms with Crippen LogP contribution in [0.15, 0.2) is 12.1 Å². The molecule has 0 unspecified atom stereocenters. The Morgan fingerprint density at radius 2 is 1.68 bits per heavy atom. The molecule has 0 spiro atoms. The van der Waals surface area contributed by atoms with Crippen molar-refractivity contribution in [3.63, 3.8) is 0 Å². The Morgan fingerprint density at radius 3 is 2.16 bits per heavy atom. The van der Waals surface area contributed by atoms with Crippen LogP contribution in [0.5, 0.6) is 17.2 Å². The van der Waals surface area contributed by atoms with Crippen molar-refractivity contribution in [1.29, 1.82) is 0 Å². The maximum atomic E-state index is 13.0. The van der Waals surface area contributed by atoms with Crippen molar-refractivity contribution in [2.45, 2.75) is 52.0 Å². The smallest absolute Gasteiger partial charge is 0.317 e. The van der Waals surface area contributed by atoms with E-state index in [1.165, 1.54) is 0 Å². The number of hydrogen-bond acceptors (Lipinski definition) is 5. The summed E-state index contributed by atoms with van der Waals surface area (Å²) in [5, 5.41) is 6.02. The molecular weight excluding hydrogens is 398 g/mol. The molecule has 0 radical (unpaired) electrons. The van der Waals surface area contributed by atoms with Crippen molar-refractivity contribution >= 4 is 11.9 Å². The number of carbonyl (C=O) groups is 2. The summed E-state index contributed by atoms with van der Waals surface area (Å²) < 4.78 is 16.4. The van der Waals surface area contributed by atoms with Gasteiger partial charge in [-0.2, -0.15) is 0 Å². The largest absolute Gasteiger partial charge is 0.493 e. The SMILES string of the molecule is CCCCNC(=O)[C@@H]1CN(C(=O)NC(C)(C)C)C[C@@H]1c1cc(OC)c(OC)c(OC)c1. The molecule has 1 aliphatic rings. The first-order valence-corrected chi connectivity index (χ1v) is 10.8. The number of carbonyl (C=O) groups excluding carboxylic acids is 2. The van der Waals surface area contributed by atoms with Gasteiger partial charge in [-0.1, -0.05) is 13.3 Å². The van der Waals surface area contributed by atoms with Gasteiger partial charge in [-0.25, -0.2) is 4.79 Å². The molecule has 0 aliphatic carbocycles. The van der Waals surface area contributed by atoms with E-state index >= 15 is 0 Å². The highest BCUT2D eigenvalue weighted by molar-refractivity contribution is 5.83. The van der Waals surface area contributed by atoms with Crippen molar-refractivity contribution in [2.24, 2.45) is 5.92 Å². The van der Waals surface area contributed by atoms with E-state index in [4.69, 9.17) is 14.2 Å². The molecule has 0 aromatic heterocycles. The van der Waals surface area contributed by atoms with Crippen molar-refractivity contribution in [2.75, 3.05) is 41.0 Å². The predicted octanol–water partition coefficient (Wildman–Crippen LogP) is 3.15. The van der Waals surface area contributed by atoms with Gasteiger partial charge in [0.1, 0.15) is 0 Å². The molecule has 8 nitrogen and oxygen atoms in total. The van der Waals surface area contributed by atoms with E-state index in [0.29, 0.717) is 36.9 Å². The lowest BCUT2D eigenvalue weighted by molar-refractivity contribution is -0.124. The van der Waals surface area contributed by atoms with Gasteiger partial charge in [-0.05, 0) is 44.9 Å². The lowest BCUT2D eigenvalue weighted by atomic mass is 9.88. The number of ether oxygens (including phenoxy) is 3. The van der Waals surface area contributed by atoms with Crippen LogP contribution in [-0.2, 0) is 4.79 Å². The molecule has 1 aromatic carbocycles. The molecule has 0 bridgehead atoms. The third kappa shape index (κ3) is 6.18. The third-order valence-corrected chi connectivity index (χ3v) is 5.37. The number of nitrogens with zero attached hydrogens (tertiary/aromatic N) is 1. The molecule has 2 atom stereocenters. The summed E-state index contributed by atoms with van der Waals surface area (Å²) in [6.07, 6.45) is 1.92. The van der Waals surface area contributed by atoms with E-state index in [1.54, 1.807) is 26.2 Å². The minimum atomic E-state index is -0.370. The quantitative estimate of drug-likeness (QED) is 0.613. The number of likely N-dealkylation sites (tertiary alicyclic amines) is 1. The summed E-state index contributed by atoms with van der Waals surface area (Å²) in [5.74, 6) is 0.946. The molecule has 2 rings (SSSR count). The average molecular weight is 436 g/mol. The predicted molar refractivity (Wildman–Crippen MR) is 120 cm³/mol. The number of hydrogen-bond donors (Lipinski definition) is 2. The molecule has 1 aliphatic heterocycles. The zero-order valence-electron chi connectivity index (χ0n) is 19.8. The van der Waals surface area contributed by atoms with Crippen LogP contribution in [0.25, 0.3) is 0 Å². The fourth-order valence-electron chi connectivity index (χ4n) is 3.81. The van der Waals surface area contributed by atoms with Crippen LogP contribution in [0.1, 0.15) is 52.0 Å². The highest BCUT2D eigenvalue weighted by Gasteiger charge is 2.41. The molecule has 31 heavy (non-hydrogen) atoms. The standard InChI is InChI=1S/C23H37N3O5/c1-8-9-10-24-21(27)17-14-26(22(28)25-23(2,3)4)13-16(17)15-11-18(29-5)20(31-7)19(12-15)30-6/h11-12,16-17H,8-10,13-14H2,1-7H3,(H,24,27)(H,25,28)/t16-,17-/m1/s1. The summed E-state index contributed by atoms with van der Waals surface area (Å²) >= 11 is 0. The van der Waals surface area contributed by atoms with E-state index in [2.05, 4.69) is 17.6 Å². The summed E-state index contributed by atoms with van der Waals surface area (Å²) in [4.78, 5) is 27.6. The zero-order valence-corrected chi connectivity index (χ0v) is 19.8. The van der Waals surface area contributed by atoms with Gasteiger partial charge in [0, 0.05) is 31.1 Å². The van der Waals surface area contributed by atoms with E-state index in [-0.39, 0.29) is 29.3 Å². The molecule has 3 amide bonds. The minimum absolute atomic E-state index is 0.0433. The van der Waals surface area contributed by atoms with Crippen LogP contribution >= 0.6 is 0 Å². The molecule has 1 saturated heterocycles. The molecule has 0 saturated carbocycles. The van der Waals surface area contributed by atoms with Gasteiger partial charge in [-0.3, -0.25) is 4.79 Å². The number of methoxy groups -OCH3 is 3. The van der Waals surface area contributed by atoms with Crippen LogP contribution in [0, 0.1) is 5.92 Å². The normalized spacial score (nSPS) is 18.5. The van der Waals surface area contributed by atoms with Crippen LogP contribution < -0.4 is 24.8 Å². The minimum Gasteiger partial charge on any atom is -0.493 e. The van der Waals surface area contributed by atoms with Gasteiger partial charge in [0.2, 0.25) is 11.7 Å². The summed E-state index contributed by atoms with van der Waals surface area (Å²) in [6.45, 7) is 9.29. The lowest BCUT2D eigenvalue weighted by Gasteiger charge is -2.25. The van der Waals surface area contributed by atoms with Crippen LogP contribution in [-0.4, -0.2) is 63.3 Å². The second kappa shape index (κ2) is 10.6. The number of unbranched alkanes of at least 4 members (excludes halogenated alkanes) is 1. The van der Waals surface area contributed by atoms with Gasteiger partial charge in [0.15, 0.2) is 11.5 Å². The topological polar surface area (TPSA) is 89.1 Å². The highest BCUT2D eigenvalue weighted by Crippen LogP contribution is 2.43. The molecule has 1 heterocycles. The molecule has 8 heteroatoms. The number of urea groups is 1. The van der Waals surface area contributed by atoms with Crippen LogP contribution in [0.2, 0.25) is 0 Å². The number of benzene rings is 1. The first kappa shape index (κ1) is 24.6. The van der Waals surface area contributed by atoms with Crippen molar-refractivity contribution < 1.29 is 23.8 Å². The number of rotatable bonds is 8. The summed E-state index contributed by atoms with van der Waals surface area (Å²) in [7, 11) is 4.68. The van der Waals surface area contributed by atoms with Gasteiger partial charge < -0.3 is 29.7 Å². The van der Waals surface area contributed by atoms with E-state index in [9.17, 15) is 9.59 Å². The second-order valence-electron chi connectivity index (χ2n) is 8.90. The van der Waals surface area contributed by atoms with Crippen LogP contribution in [0.4, 0.5) is 4.79 Å². The molecule has 2 N–H and O–H groups in total. The van der Waals surface area contributed by atoms with E-state index in [1.807, 2.05) is 32.9 Å². The monoisotopic (exact) mass is 435 g/mol. The Kier molecular flexibility index (Phi) is 8.42. The maximum absolute atomic E-state index is 13.0. The summed E-state index contributed by atoms with van der Waals surface area (Å²) in [6, 6.07) is 3.56. The van der Waals surface area contributed by atoms with Crippen molar-refractivity contribution in [1.82, 2.24) is 15.5 Å². The van der Waals surface area contributed by atoms with Gasteiger partial charge in [0.05, 0.1) is 27.2 Å². The van der Waals surface area contributed by atoms with Gasteiger partial charge in [-0.15, -0.1) is 0 Å². The molecule has 1 fully saturated rings. The van der Waals surface area contributed by atoms with Crippen molar-refractivity contribution in [3.8, 4) is 17.2 Å². The Hall–Kier alpha value is -2.64. The van der Waals surface area contributed by atoms with Crippen molar-refractivity contribution in [3.05, 3.63) is 17.7 Å². The number of nitrogens with one attached hydrogen (secondary N) is 2. The number of amides is 3. The lowest BCUT2D eigenvalue weighted by Crippen LogP contribution is -2.48. The Morgan fingerprint density at radius 1 is 1.06 bits per heavy atom. The zero-order chi connectivity index (χ0) is 23.2. The second-order valence-corrected chi connectivity index (χ2v) is 8.90. The highest BCUT2D eigenvalue weighted by atomic mass is 16.5. The third-order valence-electron chi connectivity index (χ3n) is 5.37. The fraction of sp³-hybridized carbons (Fsp3) is 0.652. The maximum Gasteiger partial charge on any atom is 0.317 e. The van der Waals surface area contributed by atoms with E-state index in [0.717, 1.165) is 18.4 Å². The Labute approximate surface area is 185 Å². The van der Waals surface area contributed by atoms with Gasteiger partial charge in [0.25, 0.3) is 0 Å². The fourth-order valence-corrected chi connectivity index (χ4v) is 3.81. The molecular formula is C23H37N3O5. The first-order chi connectivity index (χ1) is 14.6.